The van der Waals surface area contributed by atoms with Gasteiger partial charge >= 0.3 is 6.09 Å². The molecule has 1 aromatic rings. The fourth-order valence-corrected chi connectivity index (χ4v) is 4.84. The molecule has 0 bridgehead atoms. The molecule has 2 atom stereocenters. The summed E-state index contributed by atoms with van der Waals surface area (Å²) in [5, 5.41) is 9.21. The van der Waals surface area contributed by atoms with E-state index in [2.05, 4.69) is 4.72 Å². The quantitative estimate of drug-likeness (QED) is 0.842. The number of likely N-dealkylation sites (tertiary alicyclic amines) is 1. The van der Waals surface area contributed by atoms with E-state index in [-0.39, 0.29) is 17.3 Å². The predicted molar refractivity (Wildman–Crippen MR) is 95.1 cm³/mol. The Morgan fingerprint density at radius 2 is 2.00 bits per heavy atom. The van der Waals surface area contributed by atoms with Gasteiger partial charge in [-0.05, 0) is 62.6 Å². The zero-order chi connectivity index (χ0) is 18.4. The fraction of sp³-hybridized carbons (Fsp3) is 0.611. The molecule has 25 heavy (non-hydrogen) atoms. The van der Waals surface area contributed by atoms with Crippen LogP contribution in [0.4, 0.5) is 9.18 Å². The van der Waals surface area contributed by atoms with Gasteiger partial charge in [-0.3, -0.25) is 0 Å². The number of piperidine rings is 1. The van der Waals surface area contributed by atoms with Crippen molar-refractivity contribution in [2.45, 2.75) is 50.8 Å². The maximum atomic E-state index is 14.4. The molecule has 1 fully saturated rings. The van der Waals surface area contributed by atoms with E-state index in [1.54, 1.807) is 6.07 Å². The number of halogens is 1. The molecule has 1 amide bonds. The summed E-state index contributed by atoms with van der Waals surface area (Å²) in [6, 6.07) is 4.82. The predicted octanol–water partition coefficient (Wildman–Crippen LogP) is 3.23. The van der Waals surface area contributed by atoms with Crippen molar-refractivity contribution >= 4 is 17.1 Å². The van der Waals surface area contributed by atoms with E-state index in [9.17, 15) is 18.5 Å². The molecule has 1 aliphatic carbocycles. The van der Waals surface area contributed by atoms with Crippen molar-refractivity contribution in [2.24, 2.45) is 5.41 Å². The van der Waals surface area contributed by atoms with Gasteiger partial charge in [0.1, 0.15) is 5.82 Å². The summed E-state index contributed by atoms with van der Waals surface area (Å²) in [4.78, 5) is 12.6. The molecule has 1 spiro atoms. The molecule has 2 aliphatic rings. The molecule has 1 aliphatic heterocycles. The van der Waals surface area contributed by atoms with Crippen molar-refractivity contribution in [2.75, 3.05) is 13.1 Å². The zero-order valence-corrected chi connectivity index (χ0v) is 15.7. The van der Waals surface area contributed by atoms with Crippen molar-refractivity contribution < 1.29 is 18.5 Å². The normalized spacial score (nSPS) is 23.5. The van der Waals surface area contributed by atoms with E-state index in [4.69, 9.17) is 0 Å². The molecule has 1 heterocycles. The Bertz CT molecular complexity index is 709. The van der Waals surface area contributed by atoms with Gasteiger partial charge in [0.05, 0.1) is 21.8 Å². The van der Waals surface area contributed by atoms with Crippen LogP contribution in [0.15, 0.2) is 18.2 Å². The zero-order valence-electron chi connectivity index (χ0n) is 14.8. The van der Waals surface area contributed by atoms with Crippen LogP contribution in [0.25, 0.3) is 0 Å². The van der Waals surface area contributed by atoms with Gasteiger partial charge in [-0.1, -0.05) is 12.1 Å². The first kappa shape index (κ1) is 18.3. The first-order chi connectivity index (χ1) is 11.6. The van der Waals surface area contributed by atoms with Crippen molar-refractivity contribution in [3.8, 4) is 0 Å². The Kier molecular flexibility index (Phi) is 4.66. The van der Waals surface area contributed by atoms with Gasteiger partial charge in [-0.25, -0.2) is 18.1 Å². The summed E-state index contributed by atoms with van der Waals surface area (Å²) in [6.07, 6.45) is 0.902. The highest BCUT2D eigenvalue weighted by atomic mass is 32.2. The highest BCUT2D eigenvalue weighted by Gasteiger charge is 2.50. The third-order valence-corrected chi connectivity index (χ3v) is 6.98. The third kappa shape index (κ3) is 3.31. The molecule has 0 aromatic heterocycles. The molecule has 0 saturated carbocycles. The minimum absolute atomic E-state index is 0.228. The maximum Gasteiger partial charge on any atom is 0.407 e. The van der Waals surface area contributed by atoms with Gasteiger partial charge in [0.15, 0.2) is 0 Å². The molecule has 7 heteroatoms. The molecule has 138 valence electrons. The molecule has 5 nitrogen and oxygen atoms in total. The average molecular weight is 368 g/mol. The number of fused-ring (bicyclic) bond motifs is 1. The first-order valence-corrected chi connectivity index (χ1v) is 9.72. The van der Waals surface area contributed by atoms with E-state index >= 15 is 0 Å². The topological polar surface area (TPSA) is 69.6 Å². The molecular formula is C18H25FN2O3S. The van der Waals surface area contributed by atoms with Crippen LogP contribution in [0.5, 0.6) is 0 Å². The summed E-state index contributed by atoms with van der Waals surface area (Å²) in [6.45, 7) is 6.54. The van der Waals surface area contributed by atoms with Crippen LogP contribution in [-0.4, -0.2) is 38.1 Å². The van der Waals surface area contributed by atoms with Crippen LogP contribution in [-0.2, 0) is 17.4 Å². The van der Waals surface area contributed by atoms with Gasteiger partial charge in [0, 0.05) is 13.1 Å². The Balaban J connectivity index is 1.94. The number of benzene rings is 1. The van der Waals surface area contributed by atoms with Crippen molar-refractivity contribution in [1.82, 2.24) is 9.62 Å². The lowest BCUT2D eigenvalue weighted by Crippen LogP contribution is -2.48. The number of carbonyl (C=O) groups is 1. The molecule has 2 unspecified atom stereocenters. The summed E-state index contributed by atoms with van der Waals surface area (Å²) in [7, 11) is -1.29. The number of nitrogens with one attached hydrogen (secondary N) is 1. The highest BCUT2D eigenvalue weighted by molar-refractivity contribution is 7.84. The Morgan fingerprint density at radius 1 is 1.36 bits per heavy atom. The van der Waals surface area contributed by atoms with Gasteiger partial charge in [0.25, 0.3) is 0 Å². The molecular weight excluding hydrogens is 343 g/mol. The summed E-state index contributed by atoms with van der Waals surface area (Å²) >= 11 is 0. The number of hydrogen-bond donors (Lipinski definition) is 2. The van der Waals surface area contributed by atoms with Crippen molar-refractivity contribution in [3.05, 3.63) is 35.1 Å². The minimum atomic E-state index is -1.29. The van der Waals surface area contributed by atoms with E-state index < -0.39 is 21.8 Å². The number of hydrogen-bond acceptors (Lipinski definition) is 2. The maximum absolute atomic E-state index is 14.4. The molecule has 0 radical (unpaired) electrons. The van der Waals surface area contributed by atoms with Crippen molar-refractivity contribution in [3.63, 3.8) is 0 Å². The Hall–Kier alpha value is -1.47. The van der Waals surface area contributed by atoms with Gasteiger partial charge in [0.2, 0.25) is 0 Å². The standard InChI is InChI=1S/C18H25FN2O3S/c1-17(2,3)25(24)20-15-12-5-4-6-14(19)13(12)11-18(15)7-9-21(10-8-18)16(22)23/h4-6,15,20H,7-11H2,1-3H3,(H,22,23). The minimum Gasteiger partial charge on any atom is -0.465 e. The fourth-order valence-electron chi connectivity index (χ4n) is 3.90. The van der Waals surface area contributed by atoms with Gasteiger partial charge in [-0.15, -0.1) is 0 Å². The summed E-state index contributed by atoms with van der Waals surface area (Å²) < 4.78 is 29.9. The molecule has 3 rings (SSSR count). The molecule has 2 N–H and O–H groups in total. The van der Waals surface area contributed by atoms with Crippen LogP contribution < -0.4 is 4.72 Å². The van der Waals surface area contributed by atoms with E-state index in [0.29, 0.717) is 37.9 Å². The Labute approximate surface area is 150 Å². The lowest BCUT2D eigenvalue weighted by molar-refractivity contribution is 0.0766. The molecule has 1 aromatic carbocycles. The van der Waals surface area contributed by atoms with Crippen LogP contribution in [0.3, 0.4) is 0 Å². The highest BCUT2D eigenvalue weighted by Crippen LogP contribution is 2.52. The second-order valence-corrected chi connectivity index (χ2v) is 10.0. The number of amides is 1. The monoisotopic (exact) mass is 368 g/mol. The van der Waals surface area contributed by atoms with E-state index in [1.807, 2.05) is 26.8 Å². The number of carboxylic acid groups (broad SMARTS) is 1. The lowest BCUT2D eigenvalue weighted by atomic mass is 9.73. The van der Waals surface area contributed by atoms with Crippen LogP contribution in [0.2, 0.25) is 0 Å². The van der Waals surface area contributed by atoms with Gasteiger partial charge in [-0.2, -0.15) is 0 Å². The summed E-state index contributed by atoms with van der Waals surface area (Å²) in [5.74, 6) is -0.233. The van der Waals surface area contributed by atoms with Gasteiger partial charge < -0.3 is 10.0 Å². The lowest BCUT2D eigenvalue weighted by Gasteiger charge is -2.43. The van der Waals surface area contributed by atoms with Crippen LogP contribution >= 0.6 is 0 Å². The average Bonchev–Trinajstić information content (AvgIpc) is 2.82. The Morgan fingerprint density at radius 3 is 2.56 bits per heavy atom. The number of nitrogens with zero attached hydrogens (tertiary/aromatic N) is 1. The van der Waals surface area contributed by atoms with E-state index in [0.717, 1.165) is 5.56 Å². The number of rotatable bonds is 2. The third-order valence-electron chi connectivity index (χ3n) is 5.42. The van der Waals surface area contributed by atoms with Crippen LogP contribution in [0, 0.1) is 11.2 Å². The van der Waals surface area contributed by atoms with E-state index in [1.165, 1.54) is 11.0 Å². The smallest absolute Gasteiger partial charge is 0.407 e. The molecule has 1 saturated heterocycles. The van der Waals surface area contributed by atoms with Crippen LogP contribution in [0.1, 0.15) is 50.8 Å². The summed E-state index contributed by atoms with van der Waals surface area (Å²) in [5.41, 5.74) is 1.24. The first-order valence-electron chi connectivity index (χ1n) is 8.57. The second kappa shape index (κ2) is 6.36. The SMILES string of the molecule is CC(C)(C)S(=O)NC1c2cccc(F)c2CC12CCN(C(=O)O)CC2. The van der Waals surface area contributed by atoms with Crippen molar-refractivity contribution in [1.29, 1.82) is 0 Å². The largest absolute Gasteiger partial charge is 0.465 e. The second-order valence-electron chi connectivity index (χ2n) is 8.05.